The number of rotatable bonds is 9. The first-order valence-electron chi connectivity index (χ1n) is 7.64. The van der Waals surface area contributed by atoms with Crippen LogP contribution in [0.15, 0.2) is 0 Å². The highest BCUT2D eigenvalue weighted by molar-refractivity contribution is 7.99. The van der Waals surface area contributed by atoms with Crippen LogP contribution < -0.4 is 5.32 Å². The predicted octanol–water partition coefficient (Wildman–Crippen LogP) is 3.06. The van der Waals surface area contributed by atoms with E-state index in [9.17, 15) is 9.59 Å². The van der Waals surface area contributed by atoms with E-state index in [0.717, 1.165) is 44.3 Å². The van der Waals surface area contributed by atoms with Crippen LogP contribution in [-0.4, -0.2) is 35.0 Å². The lowest BCUT2D eigenvalue weighted by Crippen LogP contribution is -2.41. The molecular weight excluding hydrogens is 274 g/mol. The monoisotopic (exact) mass is 301 g/mol. The van der Waals surface area contributed by atoms with Gasteiger partial charge < -0.3 is 10.4 Å². The molecule has 0 radical (unpaired) electrons. The van der Waals surface area contributed by atoms with Crippen molar-refractivity contribution in [3.05, 3.63) is 0 Å². The van der Waals surface area contributed by atoms with Gasteiger partial charge in [-0.05, 0) is 30.4 Å². The first kappa shape index (κ1) is 17.3. The maximum atomic E-state index is 11.8. The van der Waals surface area contributed by atoms with E-state index in [1.54, 1.807) is 11.8 Å². The lowest BCUT2D eigenvalue weighted by molar-refractivity contribution is -0.140. The van der Waals surface area contributed by atoms with Gasteiger partial charge in [-0.2, -0.15) is 11.8 Å². The fourth-order valence-corrected chi connectivity index (χ4v) is 3.71. The molecule has 4 nitrogen and oxygen atoms in total. The van der Waals surface area contributed by atoms with E-state index >= 15 is 0 Å². The summed E-state index contributed by atoms with van der Waals surface area (Å²) in [5, 5.41) is 12.0. The Morgan fingerprint density at radius 2 is 1.95 bits per heavy atom. The van der Waals surface area contributed by atoms with Gasteiger partial charge in [0.05, 0.1) is 12.2 Å². The number of unbranched alkanes of at least 4 members (excludes halogenated alkanes) is 1. The van der Waals surface area contributed by atoms with Gasteiger partial charge in [-0.15, -0.1) is 0 Å². The second-order valence-corrected chi connectivity index (χ2v) is 6.92. The Balaban J connectivity index is 2.34. The van der Waals surface area contributed by atoms with Crippen molar-refractivity contribution in [2.75, 3.05) is 18.1 Å². The van der Waals surface area contributed by atoms with E-state index in [1.165, 1.54) is 6.42 Å². The van der Waals surface area contributed by atoms with E-state index in [1.807, 2.05) is 0 Å². The summed E-state index contributed by atoms with van der Waals surface area (Å²) in [4.78, 5) is 22.8. The Labute approximate surface area is 126 Å². The lowest BCUT2D eigenvalue weighted by Gasteiger charge is -2.36. The van der Waals surface area contributed by atoms with Crippen LogP contribution in [0.4, 0.5) is 0 Å². The van der Waals surface area contributed by atoms with Crippen molar-refractivity contribution in [3.8, 4) is 0 Å². The minimum Gasteiger partial charge on any atom is -0.481 e. The van der Waals surface area contributed by atoms with Gasteiger partial charge in [0.25, 0.3) is 0 Å². The van der Waals surface area contributed by atoms with Crippen molar-refractivity contribution < 1.29 is 14.7 Å². The third-order valence-electron chi connectivity index (χ3n) is 3.98. The molecule has 0 aromatic rings. The summed E-state index contributed by atoms with van der Waals surface area (Å²) < 4.78 is 0. The molecule has 0 aromatic heterocycles. The number of hydrogen-bond acceptors (Lipinski definition) is 3. The number of aliphatic carboxylic acids is 1. The number of carboxylic acid groups (broad SMARTS) is 1. The van der Waals surface area contributed by atoms with Crippen LogP contribution in [0.25, 0.3) is 0 Å². The van der Waals surface area contributed by atoms with Gasteiger partial charge in [-0.1, -0.05) is 32.6 Å². The van der Waals surface area contributed by atoms with Crippen LogP contribution in [0.5, 0.6) is 0 Å². The van der Waals surface area contributed by atoms with Crippen molar-refractivity contribution in [2.45, 2.75) is 58.3 Å². The van der Waals surface area contributed by atoms with E-state index < -0.39 is 5.97 Å². The molecule has 0 atom stereocenters. The Morgan fingerprint density at radius 3 is 2.55 bits per heavy atom. The van der Waals surface area contributed by atoms with Crippen LogP contribution in [0.3, 0.4) is 0 Å². The maximum absolute atomic E-state index is 11.8. The molecule has 1 aliphatic carbocycles. The largest absolute Gasteiger partial charge is 0.481 e. The summed E-state index contributed by atoms with van der Waals surface area (Å²) in [7, 11) is 0. The zero-order valence-corrected chi connectivity index (χ0v) is 13.3. The SMILES string of the molecule is CCCCSCC(=O)NCC1(CC(=O)O)CCCCC1. The normalized spacial score (nSPS) is 17.6. The molecule has 116 valence electrons. The number of nitrogens with one attached hydrogen (secondary N) is 1. The van der Waals surface area contributed by atoms with Crippen molar-refractivity contribution in [1.29, 1.82) is 0 Å². The average Bonchev–Trinajstić information content (AvgIpc) is 2.42. The molecule has 0 aromatic carbocycles. The van der Waals surface area contributed by atoms with Crippen LogP contribution in [-0.2, 0) is 9.59 Å². The minimum atomic E-state index is -0.751. The average molecular weight is 301 g/mol. The van der Waals surface area contributed by atoms with Crippen LogP contribution in [0.2, 0.25) is 0 Å². The standard InChI is InChI=1S/C15H27NO3S/c1-2-3-9-20-11-13(17)16-12-15(10-14(18)19)7-5-4-6-8-15/h2-12H2,1H3,(H,16,17)(H,18,19). The van der Waals surface area contributed by atoms with Gasteiger partial charge in [0.2, 0.25) is 5.91 Å². The Morgan fingerprint density at radius 1 is 1.25 bits per heavy atom. The van der Waals surface area contributed by atoms with E-state index in [-0.39, 0.29) is 17.7 Å². The second-order valence-electron chi connectivity index (χ2n) is 5.81. The Bertz CT molecular complexity index is 314. The molecular formula is C15H27NO3S. The summed E-state index contributed by atoms with van der Waals surface area (Å²) in [5.74, 6) is 0.799. The molecule has 5 heteroatoms. The predicted molar refractivity (Wildman–Crippen MR) is 83.0 cm³/mol. The van der Waals surface area contributed by atoms with Gasteiger partial charge in [-0.25, -0.2) is 0 Å². The summed E-state index contributed by atoms with van der Waals surface area (Å²) in [6.07, 6.45) is 7.64. The van der Waals surface area contributed by atoms with E-state index in [2.05, 4.69) is 12.2 Å². The minimum absolute atomic E-state index is 0.0430. The van der Waals surface area contributed by atoms with Crippen molar-refractivity contribution in [1.82, 2.24) is 5.32 Å². The topological polar surface area (TPSA) is 66.4 Å². The first-order chi connectivity index (χ1) is 9.58. The molecule has 0 heterocycles. The van der Waals surface area contributed by atoms with Gasteiger partial charge in [0.15, 0.2) is 0 Å². The van der Waals surface area contributed by atoms with Crippen molar-refractivity contribution in [3.63, 3.8) is 0 Å². The number of amides is 1. The summed E-state index contributed by atoms with van der Waals surface area (Å²) in [6.45, 7) is 2.66. The zero-order valence-electron chi connectivity index (χ0n) is 12.5. The zero-order chi connectivity index (χ0) is 14.8. The molecule has 20 heavy (non-hydrogen) atoms. The lowest BCUT2D eigenvalue weighted by atomic mass is 9.71. The molecule has 1 saturated carbocycles. The van der Waals surface area contributed by atoms with Crippen molar-refractivity contribution in [2.24, 2.45) is 5.41 Å². The molecule has 1 rings (SSSR count). The summed E-state index contributed by atoms with van der Waals surface area (Å²) in [5.41, 5.74) is -0.214. The van der Waals surface area contributed by atoms with Crippen LogP contribution >= 0.6 is 11.8 Å². The highest BCUT2D eigenvalue weighted by atomic mass is 32.2. The first-order valence-corrected chi connectivity index (χ1v) is 8.80. The molecule has 0 bridgehead atoms. The highest BCUT2D eigenvalue weighted by Crippen LogP contribution is 2.38. The van der Waals surface area contributed by atoms with Gasteiger partial charge >= 0.3 is 5.97 Å². The van der Waals surface area contributed by atoms with Gasteiger partial charge in [0, 0.05) is 6.54 Å². The number of carboxylic acids is 1. The van der Waals surface area contributed by atoms with Gasteiger partial charge in [-0.3, -0.25) is 9.59 Å². The third kappa shape index (κ3) is 6.64. The molecule has 1 amide bonds. The van der Waals surface area contributed by atoms with Crippen LogP contribution in [0.1, 0.15) is 58.3 Å². The number of hydrogen-bond donors (Lipinski definition) is 2. The molecule has 1 fully saturated rings. The maximum Gasteiger partial charge on any atom is 0.303 e. The molecule has 0 aliphatic heterocycles. The molecule has 0 saturated heterocycles. The second kappa shape index (κ2) is 9.27. The van der Waals surface area contributed by atoms with Crippen molar-refractivity contribution >= 4 is 23.6 Å². The third-order valence-corrected chi connectivity index (χ3v) is 5.02. The molecule has 0 unspecified atom stereocenters. The fraction of sp³-hybridized carbons (Fsp3) is 0.867. The van der Waals surface area contributed by atoms with Gasteiger partial charge in [0.1, 0.15) is 0 Å². The van der Waals surface area contributed by atoms with Crippen LogP contribution in [0, 0.1) is 5.41 Å². The number of carbonyl (C=O) groups is 2. The van der Waals surface area contributed by atoms with E-state index in [4.69, 9.17) is 5.11 Å². The number of thioether (sulfide) groups is 1. The fourth-order valence-electron chi connectivity index (χ4n) is 2.79. The number of carbonyl (C=O) groups excluding carboxylic acids is 1. The molecule has 0 spiro atoms. The smallest absolute Gasteiger partial charge is 0.303 e. The summed E-state index contributed by atoms with van der Waals surface area (Å²) >= 11 is 1.66. The quantitative estimate of drug-likeness (QED) is 0.642. The summed E-state index contributed by atoms with van der Waals surface area (Å²) in [6, 6.07) is 0. The highest BCUT2D eigenvalue weighted by Gasteiger charge is 2.34. The molecule has 1 aliphatic rings. The Kier molecular flexibility index (Phi) is 8.04. The van der Waals surface area contributed by atoms with E-state index in [0.29, 0.717) is 12.3 Å². The Hall–Kier alpha value is -0.710. The molecule has 2 N–H and O–H groups in total.